The Hall–Kier alpha value is -5.17. The van der Waals surface area contributed by atoms with Gasteiger partial charge in [0.05, 0.1) is 6.33 Å². The smallest absolute Gasteiger partial charge is 0.289 e. The lowest BCUT2D eigenvalue weighted by atomic mass is 9.91. The summed E-state index contributed by atoms with van der Waals surface area (Å²) in [6, 6.07) is 29.6. The second-order valence-corrected chi connectivity index (χ2v) is 11.0. The number of hydrogen-bond acceptors (Lipinski definition) is 9. The minimum Gasteiger partial charge on any atom is -0.387 e. The first kappa shape index (κ1) is 30.8. The highest BCUT2D eigenvalue weighted by Gasteiger charge is 2.47. The lowest BCUT2D eigenvalue weighted by molar-refractivity contribution is -0.137. The van der Waals surface area contributed by atoms with Crippen LogP contribution in [0.3, 0.4) is 0 Å². The zero-order valence-corrected chi connectivity index (χ0v) is 25.2. The molecule has 0 aliphatic carbocycles. The Morgan fingerprint density at radius 1 is 0.870 bits per heavy atom. The Morgan fingerprint density at radius 2 is 1.50 bits per heavy atom. The molecule has 1 saturated heterocycles. The molecule has 1 fully saturated rings. The molecule has 236 valence electrons. The maximum Gasteiger partial charge on any atom is 0.289 e. The average Bonchev–Trinajstić information content (AvgIpc) is 3.65. The normalized spacial score (nSPS) is 19.3. The fourth-order valence-corrected chi connectivity index (χ4v) is 5.56. The number of aliphatic hydroxyl groups excluding tert-OH is 2. The molecule has 0 unspecified atom stereocenters. The molecule has 0 bridgehead atoms. The Labute approximate surface area is 265 Å². The van der Waals surface area contributed by atoms with Crippen LogP contribution in [-0.4, -0.2) is 72.9 Å². The molecule has 2 aromatic heterocycles. The number of benzene rings is 3. The van der Waals surface area contributed by atoms with Gasteiger partial charge in [-0.2, -0.15) is 0 Å². The number of ether oxygens (including phenoxy) is 1. The minimum absolute atomic E-state index is 0.0576. The van der Waals surface area contributed by atoms with Crippen molar-refractivity contribution in [2.45, 2.75) is 43.9 Å². The highest BCUT2D eigenvalue weighted by molar-refractivity contribution is 5.94. The van der Waals surface area contributed by atoms with Crippen LogP contribution in [0.15, 0.2) is 97.3 Å². The summed E-state index contributed by atoms with van der Waals surface area (Å²) >= 11 is 0. The van der Waals surface area contributed by atoms with Crippen molar-refractivity contribution in [3.8, 4) is 0 Å². The van der Waals surface area contributed by atoms with Gasteiger partial charge in [0.1, 0.15) is 12.2 Å². The quantitative estimate of drug-likeness (QED) is 0.149. The van der Waals surface area contributed by atoms with Crippen LogP contribution in [0.25, 0.3) is 11.2 Å². The van der Waals surface area contributed by atoms with Crippen molar-refractivity contribution in [1.82, 2.24) is 30.2 Å². The zero-order valence-electron chi connectivity index (χ0n) is 25.2. The highest BCUT2D eigenvalue weighted by Crippen LogP contribution is 2.33. The van der Waals surface area contributed by atoms with Crippen molar-refractivity contribution in [2.75, 3.05) is 18.4 Å². The van der Waals surface area contributed by atoms with Crippen LogP contribution in [0.4, 0.5) is 5.82 Å². The summed E-state index contributed by atoms with van der Waals surface area (Å²) in [5, 5.41) is 30.4. The second kappa shape index (κ2) is 13.9. The van der Waals surface area contributed by atoms with Gasteiger partial charge < -0.3 is 30.9 Å². The molecule has 0 radical (unpaired) electrons. The van der Waals surface area contributed by atoms with Gasteiger partial charge in [-0.1, -0.05) is 91.0 Å². The highest BCUT2D eigenvalue weighted by atomic mass is 16.6. The van der Waals surface area contributed by atoms with Crippen LogP contribution >= 0.6 is 0 Å². The van der Waals surface area contributed by atoms with Gasteiger partial charge >= 0.3 is 0 Å². The third-order valence-corrected chi connectivity index (χ3v) is 7.92. The summed E-state index contributed by atoms with van der Waals surface area (Å²) < 4.78 is 7.25. The van der Waals surface area contributed by atoms with Crippen LogP contribution in [0.1, 0.15) is 46.4 Å². The summed E-state index contributed by atoms with van der Waals surface area (Å²) in [6.45, 7) is 2.75. The number of imidazole rings is 1. The predicted octanol–water partition coefficient (Wildman–Crippen LogP) is 2.76. The largest absolute Gasteiger partial charge is 0.387 e. The van der Waals surface area contributed by atoms with Crippen molar-refractivity contribution in [2.24, 2.45) is 0 Å². The Morgan fingerprint density at radius 3 is 2.13 bits per heavy atom. The lowest BCUT2D eigenvalue weighted by Crippen LogP contribution is -2.42. The van der Waals surface area contributed by atoms with E-state index < -0.39 is 36.4 Å². The monoisotopic (exact) mass is 621 g/mol. The first-order chi connectivity index (χ1) is 22.4. The van der Waals surface area contributed by atoms with Gasteiger partial charge in [-0.25, -0.2) is 15.0 Å². The number of anilines is 1. The fourth-order valence-electron chi connectivity index (χ4n) is 5.56. The number of aromatic nitrogens is 4. The van der Waals surface area contributed by atoms with E-state index in [2.05, 4.69) is 55.2 Å². The number of amides is 2. The van der Waals surface area contributed by atoms with Crippen molar-refractivity contribution < 1.29 is 24.5 Å². The van der Waals surface area contributed by atoms with Gasteiger partial charge in [-0.15, -0.1) is 0 Å². The molecule has 12 nitrogen and oxygen atoms in total. The Balaban J connectivity index is 1.36. The molecule has 3 heterocycles. The number of nitrogens with one attached hydrogen (secondary N) is 3. The molecule has 0 saturated carbocycles. The third-order valence-electron chi connectivity index (χ3n) is 7.92. The minimum atomic E-state index is -1.49. The molecule has 0 spiro atoms. The van der Waals surface area contributed by atoms with Gasteiger partial charge in [-0.05, 0) is 23.6 Å². The Bertz CT molecular complexity index is 1750. The molecular weight excluding hydrogens is 586 g/mol. The fraction of sp³-hybridized carbons (Fsp3) is 0.265. The molecule has 6 rings (SSSR count). The first-order valence-corrected chi connectivity index (χ1v) is 15.1. The van der Waals surface area contributed by atoms with E-state index >= 15 is 0 Å². The topological polar surface area (TPSA) is 164 Å². The number of carbonyl (C=O) groups excluding carboxylic acids is 2. The van der Waals surface area contributed by atoms with E-state index in [0.29, 0.717) is 24.4 Å². The zero-order chi connectivity index (χ0) is 32.0. The number of aliphatic hydroxyl groups is 2. The first-order valence-electron chi connectivity index (χ1n) is 15.1. The number of fused-ring (bicyclic) bond motifs is 1. The van der Waals surface area contributed by atoms with Gasteiger partial charge in [0, 0.05) is 25.6 Å². The Kier molecular flexibility index (Phi) is 9.29. The molecule has 5 N–H and O–H groups in total. The van der Waals surface area contributed by atoms with Crippen LogP contribution in [0, 0.1) is 0 Å². The summed E-state index contributed by atoms with van der Waals surface area (Å²) in [7, 11) is 0. The van der Waals surface area contributed by atoms with Crippen LogP contribution < -0.4 is 16.0 Å². The van der Waals surface area contributed by atoms with Crippen molar-refractivity contribution in [1.29, 1.82) is 0 Å². The number of likely N-dealkylation sites (N-methyl/N-ethyl adjacent to an activating group) is 1. The number of nitrogens with zero attached hydrogens (tertiary/aromatic N) is 4. The lowest BCUT2D eigenvalue weighted by Gasteiger charge is -2.20. The number of carbonyl (C=O) groups is 2. The summed E-state index contributed by atoms with van der Waals surface area (Å²) in [6.07, 6.45) is -4.06. The average molecular weight is 622 g/mol. The number of rotatable bonds is 11. The van der Waals surface area contributed by atoms with E-state index in [9.17, 15) is 19.8 Å². The molecule has 46 heavy (non-hydrogen) atoms. The SMILES string of the molecule is CCNC(=O)[C@H]1O[C@@H](n2cnc3c(NCC(c4ccccc4)c4ccccc4)nc(C(=O)NCc4ccccc4)nc32)[C@H](O)[C@@H]1O. The summed E-state index contributed by atoms with van der Waals surface area (Å²) in [4.78, 5) is 39.6. The molecule has 5 aromatic rings. The van der Waals surface area contributed by atoms with Crippen molar-refractivity contribution in [3.63, 3.8) is 0 Å². The van der Waals surface area contributed by atoms with Gasteiger partial charge in [0.25, 0.3) is 11.8 Å². The second-order valence-electron chi connectivity index (χ2n) is 11.0. The van der Waals surface area contributed by atoms with Crippen molar-refractivity contribution in [3.05, 3.63) is 120 Å². The molecule has 4 atom stereocenters. The van der Waals surface area contributed by atoms with E-state index in [4.69, 9.17) is 4.74 Å². The maximum absolute atomic E-state index is 13.4. The van der Waals surface area contributed by atoms with Crippen LogP contribution in [0.2, 0.25) is 0 Å². The molecule has 3 aromatic carbocycles. The van der Waals surface area contributed by atoms with Gasteiger partial charge in [0.15, 0.2) is 29.3 Å². The van der Waals surface area contributed by atoms with E-state index in [0.717, 1.165) is 16.7 Å². The van der Waals surface area contributed by atoms with Crippen LogP contribution in [-0.2, 0) is 16.1 Å². The van der Waals surface area contributed by atoms with Crippen molar-refractivity contribution >= 4 is 28.8 Å². The number of hydrogen-bond donors (Lipinski definition) is 5. The summed E-state index contributed by atoms with van der Waals surface area (Å²) in [5.74, 6) is -0.947. The van der Waals surface area contributed by atoms with Gasteiger partial charge in [-0.3, -0.25) is 14.2 Å². The molecule has 2 amide bonds. The molecule has 1 aliphatic rings. The van der Waals surface area contributed by atoms with E-state index in [1.807, 2.05) is 66.7 Å². The molecule has 12 heteroatoms. The van der Waals surface area contributed by atoms with E-state index in [1.54, 1.807) is 6.92 Å². The summed E-state index contributed by atoms with van der Waals surface area (Å²) in [5.41, 5.74) is 3.59. The predicted molar refractivity (Wildman–Crippen MR) is 171 cm³/mol. The standard InChI is InChI=1S/C34H35N7O5/c1-2-35-32(44)28-26(42)27(43)34(46-28)41-20-38-25-29(36-19-24(22-14-8-4-9-15-22)23-16-10-5-11-17-23)39-30(40-31(25)41)33(45)37-18-21-12-6-3-7-13-21/h3-17,20,24,26-28,34,42-43H,2,18-19H2,1H3,(H,35,44)(H,37,45)(H,36,39,40)/t26-,27+,28-,34+/m0/s1. The molecular formula is C34H35N7O5. The van der Waals surface area contributed by atoms with Gasteiger partial charge in [0.2, 0.25) is 5.82 Å². The van der Waals surface area contributed by atoms with Crippen LogP contribution in [0.5, 0.6) is 0 Å². The third kappa shape index (κ3) is 6.45. The van der Waals surface area contributed by atoms with E-state index in [-0.39, 0.29) is 23.9 Å². The maximum atomic E-state index is 13.4. The molecule has 1 aliphatic heterocycles. The van der Waals surface area contributed by atoms with E-state index in [1.165, 1.54) is 10.9 Å².